The molecule has 5 heteroatoms. The van der Waals surface area contributed by atoms with Gasteiger partial charge in [-0.2, -0.15) is 0 Å². The van der Waals surface area contributed by atoms with E-state index >= 15 is 0 Å². The molecule has 0 saturated carbocycles. The summed E-state index contributed by atoms with van der Waals surface area (Å²) in [4.78, 5) is 29.7. The summed E-state index contributed by atoms with van der Waals surface area (Å²) in [6.07, 6.45) is 1.93. The molecule has 0 fully saturated rings. The number of fused-ring (bicyclic) bond motifs is 1. The molecule has 1 unspecified atom stereocenters. The third-order valence-electron chi connectivity index (χ3n) is 5.54. The van der Waals surface area contributed by atoms with E-state index in [-0.39, 0.29) is 32.0 Å². The second kappa shape index (κ2) is 12.3. The molecular formula is C30H27NO4. The third kappa shape index (κ3) is 7.37. The summed E-state index contributed by atoms with van der Waals surface area (Å²) in [7, 11) is 0. The number of carbonyl (C=O) groups is 2. The summed E-state index contributed by atoms with van der Waals surface area (Å²) in [5, 5.41) is 2.22. The topological polar surface area (TPSA) is 65.0 Å². The van der Waals surface area contributed by atoms with Gasteiger partial charge in [-0.1, -0.05) is 97.1 Å². The lowest BCUT2D eigenvalue weighted by molar-refractivity contribution is -0.148. The van der Waals surface area contributed by atoms with Crippen molar-refractivity contribution in [3.63, 3.8) is 0 Å². The van der Waals surface area contributed by atoms with Crippen molar-refractivity contribution in [2.75, 3.05) is 0 Å². The molecule has 0 radical (unpaired) electrons. The molecule has 0 aliphatic heterocycles. The Hall–Kier alpha value is -4.25. The van der Waals surface area contributed by atoms with Gasteiger partial charge in [-0.25, -0.2) is 4.79 Å². The molecule has 0 aliphatic carbocycles. The lowest BCUT2D eigenvalue weighted by Gasteiger charge is -2.12. The van der Waals surface area contributed by atoms with Gasteiger partial charge in [-0.05, 0) is 39.9 Å². The quantitative estimate of drug-likeness (QED) is 0.216. The minimum absolute atomic E-state index is 0.0625. The summed E-state index contributed by atoms with van der Waals surface area (Å²) < 4.78 is 10.9. The number of aliphatic imine (C=N–C) groups is 1. The van der Waals surface area contributed by atoms with E-state index in [9.17, 15) is 9.59 Å². The Morgan fingerprint density at radius 3 is 2.00 bits per heavy atom. The molecule has 4 aromatic carbocycles. The van der Waals surface area contributed by atoms with E-state index < -0.39 is 12.0 Å². The van der Waals surface area contributed by atoms with Crippen LogP contribution in [0.4, 0.5) is 0 Å². The van der Waals surface area contributed by atoms with Crippen molar-refractivity contribution in [3.05, 3.63) is 120 Å². The van der Waals surface area contributed by atoms with Crippen LogP contribution in [-0.2, 0) is 32.3 Å². The predicted octanol–water partition coefficient (Wildman–Crippen LogP) is 5.89. The van der Waals surface area contributed by atoms with Gasteiger partial charge in [0.25, 0.3) is 0 Å². The highest BCUT2D eigenvalue weighted by Gasteiger charge is 2.21. The van der Waals surface area contributed by atoms with E-state index in [0.29, 0.717) is 0 Å². The lowest BCUT2D eigenvalue weighted by atomic mass is 10.1. The molecule has 176 valence electrons. The van der Waals surface area contributed by atoms with Crippen molar-refractivity contribution >= 4 is 28.9 Å². The zero-order valence-corrected chi connectivity index (χ0v) is 19.4. The van der Waals surface area contributed by atoms with Gasteiger partial charge in [0.05, 0.1) is 0 Å². The first-order chi connectivity index (χ1) is 17.2. The minimum atomic E-state index is -0.811. The Bertz CT molecular complexity index is 1290. The normalized spacial score (nSPS) is 11.9. The van der Waals surface area contributed by atoms with Crippen LogP contribution in [0.5, 0.6) is 0 Å². The molecular weight excluding hydrogens is 438 g/mol. The van der Waals surface area contributed by atoms with E-state index in [1.807, 2.05) is 103 Å². The first kappa shape index (κ1) is 23.9. The van der Waals surface area contributed by atoms with Crippen LogP contribution in [0.3, 0.4) is 0 Å². The number of nitrogens with zero attached hydrogens (tertiary/aromatic N) is 1. The van der Waals surface area contributed by atoms with Crippen molar-refractivity contribution in [1.82, 2.24) is 0 Å². The number of rotatable bonds is 10. The highest BCUT2D eigenvalue weighted by atomic mass is 16.5. The molecule has 0 aromatic heterocycles. The van der Waals surface area contributed by atoms with Crippen LogP contribution in [0, 0.1) is 0 Å². The van der Waals surface area contributed by atoms with Gasteiger partial charge in [0.1, 0.15) is 19.3 Å². The smallest absolute Gasteiger partial charge is 0.331 e. The molecule has 0 amide bonds. The van der Waals surface area contributed by atoms with E-state index in [1.54, 1.807) is 6.21 Å². The molecule has 5 nitrogen and oxygen atoms in total. The maximum atomic E-state index is 12.9. The van der Waals surface area contributed by atoms with Crippen LogP contribution in [0.25, 0.3) is 10.8 Å². The zero-order valence-electron chi connectivity index (χ0n) is 19.4. The number of carbonyl (C=O) groups excluding carboxylic acids is 2. The van der Waals surface area contributed by atoms with Gasteiger partial charge >= 0.3 is 11.9 Å². The van der Waals surface area contributed by atoms with Crippen LogP contribution >= 0.6 is 0 Å². The maximum absolute atomic E-state index is 12.9. The van der Waals surface area contributed by atoms with E-state index in [2.05, 4.69) is 4.99 Å². The molecule has 0 bridgehead atoms. The van der Waals surface area contributed by atoms with Crippen molar-refractivity contribution in [3.8, 4) is 0 Å². The van der Waals surface area contributed by atoms with E-state index in [0.717, 1.165) is 27.5 Å². The van der Waals surface area contributed by atoms with Crippen molar-refractivity contribution in [2.45, 2.75) is 32.1 Å². The summed E-state index contributed by atoms with van der Waals surface area (Å²) in [6.45, 7) is 0.350. The number of hydrogen-bond donors (Lipinski definition) is 0. The van der Waals surface area contributed by atoms with Gasteiger partial charge in [0.15, 0.2) is 0 Å². The average Bonchev–Trinajstić information content (AvgIpc) is 2.91. The summed E-state index contributed by atoms with van der Waals surface area (Å²) in [5.74, 6) is -0.850. The highest BCUT2D eigenvalue weighted by molar-refractivity contribution is 5.91. The van der Waals surface area contributed by atoms with Crippen LogP contribution in [0.15, 0.2) is 108 Å². The fourth-order valence-corrected chi connectivity index (χ4v) is 3.61. The molecule has 0 spiro atoms. The molecule has 0 saturated heterocycles. The van der Waals surface area contributed by atoms with Crippen LogP contribution in [0.2, 0.25) is 0 Å². The molecule has 4 rings (SSSR count). The van der Waals surface area contributed by atoms with Gasteiger partial charge in [-0.3, -0.25) is 9.79 Å². The number of esters is 2. The Labute approximate surface area is 205 Å². The number of benzene rings is 4. The van der Waals surface area contributed by atoms with E-state index in [1.165, 1.54) is 0 Å². The van der Waals surface area contributed by atoms with Gasteiger partial charge < -0.3 is 9.47 Å². The monoisotopic (exact) mass is 465 g/mol. The Morgan fingerprint density at radius 1 is 0.714 bits per heavy atom. The average molecular weight is 466 g/mol. The molecule has 4 aromatic rings. The zero-order chi connectivity index (χ0) is 24.3. The molecule has 1 atom stereocenters. The van der Waals surface area contributed by atoms with Gasteiger partial charge in [0, 0.05) is 12.6 Å². The van der Waals surface area contributed by atoms with Crippen LogP contribution in [-0.4, -0.2) is 24.2 Å². The first-order valence-corrected chi connectivity index (χ1v) is 11.6. The molecule has 0 N–H and O–H groups in total. The second-order valence-corrected chi connectivity index (χ2v) is 8.18. The summed E-state index contributed by atoms with van der Waals surface area (Å²) >= 11 is 0. The van der Waals surface area contributed by atoms with Crippen molar-refractivity contribution in [1.29, 1.82) is 0 Å². The SMILES string of the molecule is O=C(CCC(N=Cc1ccc2ccccc2c1)C(=O)OCc1ccccc1)OCc1ccccc1. The van der Waals surface area contributed by atoms with Crippen LogP contribution < -0.4 is 0 Å². The Kier molecular flexibility index (Phi) is 8.38. The standard InChI is InChI=1S/C30H27NO4/c32-29(34-21-23-9-3-1-4-10-23)18-17-28(30(33)35-22-24-11-5-2-6-12-24)31-20-25-15-16-26-13-7-8-14-27(26)19-25/h1-16,19-20,28H,17-18,21-22H2. The minimum Gasteiger partial charge on any atom is -0.461 e. The van der Waals surface area contributed by atoms with Crippen molar-refractivity contribution < 1.29 is 19.1 Å². The van der Waals surface area contributed by atoms with Crippen molar-refractivity contribution in [2.24, 2.45) is 4.99 Å². The van der Waals surface area contributed by atoms with Gasteiger partial charge in [0.2, 0.25) is 0 Å². The highest BCUT2D eigenvalue weighted by Crippen LogP contribution is 2.16. The van der Waals surface area contributed by atoms with Crippen LogP contribution in [0.1, 0.15) is 29.5 Å². The predicted molar refractivity (Wildman–Crippen MR) is 137 cm³/mol. The molecule has 0 aliphatic rings. The largest absolute Gasteiger partial charge is 0.461 e. The fraction of sp³-hybridized carbons (Fsp3) is 0.167. The fourth-order valence-electron chi connectivity index (χ4n) is 3.61. The number of ether oxygens (including phenoxy) is 2. The van der Waals surface area contributed by atoms with Gasteiger partial charge in [-0.15, -0.1) is 0 Å². The molecule has 0 heterocycles. The first-order valence-electron chi connectivity index (χ1n) is 11.6. The Balaban J connectivity index is 1.40. The molecule has 35 heavy (non-hydrogen) atoms. The van der Waals surface area contributed by atoms with E-state index in [4.69, 9.17) is 9.47 Å². The Morgan fingerprint density at radius 2 is 1.31 bits per heavy atom. The third-order valence-corrected chi connectivity index (χ3v) is 5.54. The maximum Gasteiger partial charge on any atom is 0.331 e. The summed E-state index contributed by atoms with van der Waals surface area (Å²) in [5.41, 5.74) is 2.67. The summed E-state index contributed by atoms with van der Waals surface area (Å²) in [6, 6.07) is 32.2. The second-order valence-electron chi connectivity index (χ2n) is 8.18. The lowest BCUT2D eigenvalue weighted by Crippen LogP contribution is -2.23. The number of hydrogen-bond acceptors (Lipinski definition) is 5.